The summed E-state index contributed by atoms with van der Waals surface area (Å²) >= 11 is 1.37. The van der Waals surface area contributed by atoms with Crippen molar-refractivity contribution in [3.05, 3.63) is 60.2 Å². The number of nitrogens with one attached hydrogen (secondary N) is 1. The van der Waals surface area contributed by atoms with Crippen LogP contribution in [0.2, 0.25) is 0 Å². The molecule has 5 nitrogen and oxygen atoms in total. The van der Waals surface area contributed by atoms with Gasteiger partial charge in [0.2, 0.25) is 0 Å². The van der Waals surface area contributed by atoms with Gasteiger partial charge in [-0.1, -0.05) is 30.3 Å². The fourth-order valence-electron chi connectivity index (χ4n) is 2.13. The minimum Gasteiger partial charge on any atom is -0.452 e. The van der Waals surface area contributed by atoms with Crippen LogP contribution in [0, 0.1) is 0 Å². The second-order valence-corrected chi connectivity index (χ2v) is 7.19. The Labute approximate surface area is 157 Å². The molecule has 1 amide bonds. The van der Waals surface area contributed by atoms with Crippen molar-refractivity contribution in [3.8, 4) is 0 Å². The number of esters is 1. The quantitative estimate of drug-likeness (QED) is 0.453. The smallest absolute Gasteiger partial charge is 0.319 e. The molecule has 136 valence electrons. The molecule has 0 heterocycles. The molecule has 0 bridgehead atoms. The van der Waals surface area contributed by atoms with Crippen LogP contribution in [0.5, 0.6) is 0 Å². The molecule has 0 spiro atoms. The zero-order valence-electron chi connectivity index (χ0n) is 14.9. The van der Waals surface area contributed by atoms with Gasteiger partial charge >= 0.3 is 5.97 Å². The van der Waals surface area contributed by atoms with Crippen molar-refractivity contribution in [2.24, 2.45) is 0 Å². The highest BCUT2D eigenvalue weighted by atomic mass is 32.2. The van der Waals surface area contributed by atoms with Gasteiger partial charge in [-0.2, -0.15) is 0 Å². The molecule has 0 saturated heterocycles. The minimum atomic E-state index is -0.942. The van der Waals surface area contributed by atoms with Crippen LogP contribution in [0.4, 0.5) is 5.69 Å². The van der Waals surface area contributed by atoms with E-state index in [4.69, 9.17) is 4.74 Å². The van der Waals surface area contributed by atoms with Gasteiger partial charge in [-0.05, 0) is 45.0 Å². The van der Waals surface area contributed by atoms with E-state index in [1.54, 1.807) is 31.2 Å². The lowest BCUT2D eigenvalue weighted by Crippen LogP contribution is -2.32. The predicted octanol–water partition coefficient (Wildman–Crippen LogP) is 3.94. The fraction of sp³-hybridized carbons (Fsp3) is 0.250. The van der Waals surface area contributed by atoms with Crippen LogP contribution in [0.3, 0.4) is 0 Å². The second kappa shape index (κ2) is 9.20. The van der Waals surface area contributed by atoms with E-state index < -0.39 is 23.2 Å². The molecule has 0 aliphatic rings. The Kier molecular flexibility index (Phi) is 6.97. The molecular formula is C20H21NO4S. The second-order valence-electron chi connectivity index (χ2n) is 5.78. The lowest BCUT2D eigenvalue weighted by Gasteiger charge is -2.16. The molecule has 2 aromatic rings. The molecule has 0 saturated carbocycles. The van der Waals surface area contributed by atoms with Gasteiger partial charge in [0.25, 0.3) is 5.91 Å². The van der Waals surface area contributed by atoms with E-state index in [-0.39, 0.29) is 5.78 Å². The minimum absolute atomic E-state index is 0.0904. The zero-order valence-corrected chi connectivity index (χ0v) is 15.7. The van der Waals surface area contributed by atoms with Crippen LogP contribution in [-0.2, 0) is 14.3 Å². The molecule has 0 unspecified atom stereocenters. The van der Waals surface area contributed by atoms with Crippen LogP contribution in [0.15, 0.2) is 59.5 Å². The summed E-state index contributed by atoms with van der Waals surface area (Å²) in [6, 6.07) is 16.1. The number of ether oxygens (including phenoxy) is 1. The van der Waals surface area contributed by atoms with E-state index in [9.17, 15) is 14.4 Å². The van der Waals surface area contributed by atoms with E-state index in [2.05, 4.69) is 5.32 Å². The van der Waals surface area contributed by atoms with Crippen molar-refractivity contribution >= 4 is 35.1 Å². The predicted molar refractivity (Wildman–Crippen MR) is 102 cm³/mol. The number of anilines is 1. The number of ketones is 1. The third-order valence-electron chi connectivity index (χ3n) is 3.59. The lowest BCUT2D eigenvalue weighted by atomic mass is 10.1. The maximum atomic E-state index is 12.2. The average Bonchev–Trinajstić information content (AvgIpc) is 2.62. The van der Waals surface area contributed by atoms with E-state index in [1.807, 2.05) is 30.3 Å². The molecule has 0 fully saturated rings. The number of carbonyl (C=O) groups excluding carboxylic acids is 3. The molecule has 2 rings (SSSR count). The third kappa shape index (κ3) is 5.74. The summed E-state index contributed by atoms with van der Waals surface area (Å²) in [6.45, 7) is 4.71. The van der Waals surface area contributed by atoms with E-state index in [0.717, 1.165) is 4.90 Å². The topological polar surface area (TPSA) is 72.5 Å². The normalized spacial score (nSPS) is 12.7. The monoisotopic (exact) mass is 371 g/mol. The van der Waals surface area contributed by atoms with Crippen molar-refractivity contribution in [3.63, 3.8) is 0 Å². The van der Waals surface area contributed by atoms with E-state index >= 15 is 0 Å². The Morgan fingerprint density at radius 1 is 1.00 bits per heavy atom. The van der Waals surface area contributed by atoms with Gasteiger partial charge in [0.05, 0.1) is 0 Å². The number of benzene rings is 2. The highest BCUT2D eigenvalue weighted by molar-refractivity contribution is 8.00. The van der Waals surface area contributed by atoms with Crippen LogP contribution in [0.1, 0.15) is 31.1 Å². The Bertz CT molecular complexity index is 791. The Hall–Kier alpha value is -2.60. The number of hydrogen-bond acceptors (Lipinski definition) is 5. The third-order valence-corrected chi connectivity index (χ3v) is 4.68. The first-order valence-electron chi connectivity index (χ1n) is 8.21. The standard InChI is InChI=1S/C20H21NO4S/c1-13(22)16-8-7-9-17(12-16)21-19(23)14(2)25-20(24)15(3)26-18-10-5-4-6-11-18/h4-12,14-15H,1-3H3,(H,21,23)/t14-,15-/m0/s1. The molecule has 2 atom stereocenters. The van der Waals surface area contributed by atoms with Gasteiger partial charge in [-0.25, -0.2) is 0 Å². The summed E-state index contributed by atoms with van der Waals surface area (Å²) in [5.74, 6) is -0.998. The maximum Gasteiger partial charge on any atom is 0.319 e. The number of amides is 1. The molecular weight excluding hydrogens is 350 g/mol. The number of rotatable bonds is 7. The van der Waals surface area contributed by atoms with Gasteiger partial charge in [0, 0.05) is 16.1 Å². The van der Waals surface area contributed by atoms with Crippen LogP contribution >= 0.6 is 11.8 Å². The highest BCUT2D eigenvalue weighted by Gasteiger charge is 2.23. The molecule has 0 radical (unpaired) electrons. The van der Waals surface area contributed by atoms with Gasteiger partial charge in [0.15, 0.2) is 11.9 Å². The van der Waals surface area contributed by atoms with Crippen molar-refractivity contribution in [2.45, 2.75) is 37.0 Å². The highest BCUT2D eigenvalue weighted by Crippen LogP contribution is 2.23. The summed E-state index contributed by atoms with van der Waals surface area (Å²) in [5.41, 5.74) is 0.984. The summed E-state index contributed by atoms with van der Waals surface area (Å²) in [5, 5.41) is 2.22. The van der Waals surface area contributed by atoms with E-state index in [1.165, 1.54) is 25.6 Å². The maximum absolute atomic E-state index is 12.2. The first-order valence-corrected chi connectivity index (χ1v) is 9.09. The lowest BCUT2D eigenvalue weighted by molar-refractivity contribution is -0.152. The van der Waals surface area contributed by atoms with Crippen LogP contribution in [0.25, 0.3) is 0 Å². The van der Waals surface area contributed by atoms with E-state index in [0.29, 0.717) is 11.3 Å². The summed E-state index contributed by atoms with van der Waals surface area (Å²) in [4.78, 5) is 36.8. The molecule has 2 aromatic carbocycles. The average molecular weight is 371 g/mol. The number of carbonyl (C=O) groups is 3. The number of thioether (sulfide) groups is 1. The van der Waals surface area contributed by atoms with Crippen LogP contribution < -0.4 is 5.32 Å². The summed E-state index contributed by atoms with van der Waals surface area (Å²) in [7, 11) is 0. The first kappa shape index (κ1) is 19.7. The SMILES string of the molecule is CC(=O)c1cccc(NC(=O)[C@H](C)OC(=O)[C@H](C)Sc2ccccc2)c1. The largest absolute Gasteiger partial charge is 0.452 e. The Morgan fingerprint density at radius 3 is 2.35 bits per heavy atom. The summed E-state index contributed by atoms with van der Waals surface area (Å²) in [6.07, 6.45) is -0.942. The number of hydrogen-bond donors (Lipinski definition) is 1. The Morgan fingerprint density at radius 2 is 1.69 bits per heavy atom. The summed E-state index contributed by atoms with van der Waals surface area (Å²) < 4.78 is 5.26. The zero-order chi connectivity index (χ0) is 19.1. The van der Waals surface area contributed by atoms with Gasteiger partial charge in [-0.15, -0.1) is 11.8 Å². The Balaban J connectivity index is 1.90. The van der Waals surface area contributed by atoms with Gasteiger partial charge < -0.3 is 10.1 Å². The van der Waals surface area contributed by atoms with Crippen molar-refractivity contribution < 1.29 is 19.1 Å². The molecule has 6 heteroatoms. The van der Waals surface area contributed by atoms with Crippen molar-refractivity contribution in [2.75, 3.05) is 5.32 Å². The van der Waals surface area contributed by atoms with Crippen molar-refractivity contribution in [1.29, 1.82) is 0 Å². The molecule has 0 aliphatic carbocycles. The number of Topliss-reactive ketones (excluding diaryl/α,β-unsaturated/α-hetero) is 1. The molecule has 0 aliphatic heterocycles. The van der Waals surface area contributed by atoms with Crippen LogP contribution in [-0.4, -0.2) is 29.0 Å². The molecule has 26 heavy (non-hydrogen) atoms. The fourth-order valence-corrected chi connectivity index (χ4v) is 3.01. The van der Waals surface area contributed by atoms with Gasteiger partial charge in [0.1, 0.15) is 5.25 Å². The van der Waals surface area contributed by atoms with Crippen molar-refractivity contribution in [1.82, 2.24) is 0 Å². The van der Waals surface area contributed by atoms with Gasteiger partial charge in [-0.3, -0.25) is 14.4 Å². The molecule has 0 aromatic heterocycles. The first-order chi connectivity index (χ1) is 12.4. The molecule has 1 N–H and O–H groups in total.